The molecular weight excluding hydrogens is 202 g/mol. The van der Waals surface area contributed by atoms with Crippen LogP contribution < -0.4 is 0 Å². The van der Waals surface area contributed by atoms with Crippen molar-refractivity contribution in [2.45, 2.75) is 44.6 Å². The van der Waals surface area contributed by atoms with E-state index in [0.717, 1.165) is 12.8 Å². The highest BCUT2D eigenvalue weighted by atomic mass is 16.4. The van der Waals surface area contributed by atoms with Gasteiger partial charge in [-0.05, 0) is 37.3 Å². The van der Waals surface area contributed by atoms with Gasteiger partial charge in [0.25, 0.3) is 0 Å². The third kappa shape index (κ3) is 2.87. The van der Waals surface area contributed by atoms with Gasteiger partial charge in [0, 0.05) is 24.9 Å². The van der Waals surface area contributed by atoms with Crippen LogP contribution in [0.15, 0.2) is 24.5 Å². The summed E-state index contributed by atoms with van der Waals surface area (Å²) in [7, 11) is 0. The van der Waals surface area contributed by atoms with Crippen molar-refractivity contribution in [3.05, 3.63) is 24.5 Å². The van der Waals surface area contributed by atoms with Crippen LogP contribution in [0, 0.1) is 5.92 Å². The first kappa shape index (κ1) is 11.2. The van der Waals surface area contributed by atoms with E-state index in [0.29, 0.717) is 18.4 Å². The molecular formula is C13H19NO2. The Morgan fingerprint density at radius 3 is 2.75 bits per heavy atom. The van der Waals surface area contributed by atoms with Gasteiger partial charge < -0.3 is 9.67 Å². The summed E-state index contributed by atoms with van der Waals surface area (Å²) in [6.45, 7) is 0. The van der Waals surface area contributed by atoms with Crippen molar-refractivity contribution < 1.29 is 9.90 Å². The second-order valence-corrected chi connectivity index (χ2v) is 4.75. The van der Waals surface area contributed by atoms with Crippen LogP contribution in [0.4, 0.5) is 0 Å². The minimum Gasteiger partial charge on any atom is -0.481 e. The summed E-state index contributed by atoms with van der Waals surface area (Å²) in [5, 5.41) is 8.69. The van der Waals surface area contributed by atoms with Crippen molar-refractivity contribution in [3.8, 4) is 0 Å². The minimum atomic E-state index is -0.664. The zero-order chi connectivity index (χ0) is 11.4. The summed E-state index contributed by atoms with van der Waals surface area (Å²) in [6, 6.07) is 4.70. The zero-order valence-corrected chi connectivity index (χ0v) is 9.51. The monoisotopic (exact) mass is 221 g/mol. The van der Waals surface area contributed by atoms with Crippen LogP contribution in [0.2, 0.25) is 0 Å². The lowest BCUT2D eigenvalue weighted by molar-refractivity contribution is -0.137. The SMILES string of the molecule is O=C(O)CCC1CCCC(n2cccc2)C1. The van der Waals surface area contributed by atoms with Gasteiger partial charge in [0.2, 0.25) is 0 Å². The molecule has 0 bridgehead atoms. The number of hydrogen-bond acceptors (Lipinski definition) is 1. The normalized spacial score (nSPS) is 25.5. The van der Waals surface area contributed by atoms with Gasteiger partial charge in [0.15, 0.2) is 0 Å². The smallest absolute Gasteiger partial charge is 0.303 e. The second kappa shape index (κ2) is 5.19. The Morgan fingerprint density at radius 2 is 2.06 bits per heavy atom. The van der Waals surface area contributed by atoms with Crippen LogP contribution in [0.3, 0.4) is 0 Å². The van der Waals surface area contributed by atoms with E-state index >= 15 is 0 Å². The molecule has 1 N–H and O–H groups in total. The number of nitrogens with zero attached hydrogens (tertiary/aromatic N) is 1. The van der Waals surface area contributed by atoms with Gasteiger partial charge >= 0.3 is 5.97 Å². The van der Waals surface area contributed by atoms with Crippen molar-refractivity contribution in [1.82, 2.24) is 4.57 Å². The van der Waals surface area contributed by atoms with Crippen LogP contribution in [0.5, 0.6) is 0 Å². The molecule has 3 heteroatoms. The molecule has 1 aliphatic carbocycles. The molecule has 1 heterocycles. The van der Waals surface area contributed by atoms with Crippen LogP contribution in [0.1, 0.15) is 44.6 Å². The van der Waals surface area contributed by atoms with Gasteiger partial charge in [-0.2, -0.15) is 0 Å². The summed E-state index contributed by atoms with van der Waals surface area (Å²) >= 11 is 0. The average Bonchev–Trinajstić information content (AvgIpc) is 2.80. The largest absolute Gasteiger partial charge is 0.481 e. The van der Waals surface area contributed by atoms with E-state index in [-0.39, 0.29) is 0 Å². The van der Waals surface area contributed by atoms with Gasteiger partial charge in [0.05, 0.1) is 0 Å². The molecule has 16 heavy (non-hydrogen) atoms. The van der Waals surface area contributed by atoms with E-state index in [1.807, 2.05) is 0 Å². The molecule has 2 unspecified atom stereocenters. The predicted molar refractivity (Wildman–Crippen MR) is 62.3 cm³/mol. The third-order valence-corrected chi connectivity index (χ3v) is 3.57. The minimum absolute atomic E-state index is 0.322. The fraction of sp³-hybridized carbons (Fsp3) is 0.615. The molecule has 0 radical (unpaired) electrons. The molecule has 1 aliphatic rings. The van der Waals surface area contributed by atoms with E-state index in [1.54, 1.807) is 0 Å². The molecule has 1 aromatic heterocycles. The first-order chi connectivity index (χ1) is 7.75. The van der Waals surface area contributed by atoms with Crippen molar-refractivity contribution in [2.24, 2.45) is 5.92 Å². The highest BCUT2D eigenvalue weighted by molar-refractivity contribution is 5.66. The van der Waals surface area contributed by atoms with Gasteiger partial charge in [-0.15, -0.1) is 0 Å². The van der Waals surface area contributed by atoms with Crippen molar-refractivity contribution in [1.29, 1.82) is 0 Å². The Balaban J connectivity index is 1.87. The summed E-state index contributed by atoms with van der Waals surface area (Å²) in [4.78, 5) is 10.5. The maximum absolute atomic E-state index is 10.5. The Hall–Kier alpha value is -1.25. The Labute approximate surface area is 96.1 Å². The van der Waals surface area contributed by atoms with Gasteiger partial charge in [-0.3, -0.25) is 4.79 Å². The molecule has 2 atom stereocenters. The summed E-state index contributed by atoms with van der Waals surface area (Å²) < 4.78 is 2.27. The van der Waals surface area contributed by atoms with Crippen LogP contribution in [-0.2, 0) is 4.79 Å². The fourth-order valence-corrected chi connectivity index (χ4v) is 2.71. The maximum atomic E-state index is 10.5. The summed E-state index contributed by atoms with van der Waals surface area (Å²) in [5.74, 6) is -0.0691. The van der Waals surface area contributed by atoms with Crippen LogP contribution in [-0.4, -0.2) is 15.6 Å². The molecule has 1 fully saturated rings. The van der Waals surface area contributed by atoms with Crippen molar-refractivity contribution in [3.63, 3.8) is 0 Å². The molecule has 1 saturated carbocycles. The molecule has 0 aliphatic heterocycles. The van der Waals surface area contributed by atoms with Crippen molar-refractivity contribution >= 4 is 5.97 Å². The van der Waals surface area contributed by atoms with Gasteiger partial charge in [-0.1, -0.05) is 12.8 Å². The Kier molecular flexibility index (Phi) is 3.65. The molecule has 0 amide bonds. The van der Waals surface area contributed by atoms with E-state index in [4.69, 9.17) is 5.11 Å². The first-order valence-electron chi connectivity index (χ1n) is 6.10. The average molecular weight is 221 g/mol. The standard InChI is InChI=1S/C13H19NO2/c15-13(16)7-6-11-4-3-5-12(10-11)14-8-1-2-9-14/h1-2,8-9,11-12H,3-7,10H2,(H,15,16). The number of rotatable bonds is 4. The molecule has 1 aromatic rings. The van der Waals surface area contributed by atoms with E-state index in [2.05, 4.69) is 29.1 Å². The topological polar surface area (TPSA) is 42.2 Å². The Morgan fingerprint density at radius 1 is 1.31 bits per heavy atom. The molecule has 88 valence electrons. The maximum Gasteiger partial charge on any atom is 0.303 e. The van der Waals surface area contributed by atoms with Gasteiger partial charge in [0.1, 0.15) is 0 Å². The van der Waals surface area contributed by atoms with E-state index in [9.17, 15) is 4.79 Å². The second-order valence-electron chi connectivity index (χ2n) is 4.75. The zero-order valence-electron chi connectivity index (χ0n) is 9.51. The number of aromatic nitrogens is 1. The summed E-state index contributed by atoms with van der Waals surface area (Å²) in [5.41, 5.74) is 0. The molecule has 2 rings (SSSR count). The molecule has 3 nitrogen and oxygen atoms in total. The van der Waals surface area contributed by atoms with Crippen LogP contribution >= 0.6 is 0 Å². The molecule has 0 spiro atoms. The van der Waals surface area contributed by atoms with E-state index in [1.165, 1.54) is 19.3 Å². The molecule has 0 aromatic carbocycles. The van der Waals surface area contributed by atoms with Gasteiger partial charge in [-0.25, -0.2) is 0 Å². The fourth-order valence-electron chi connectivity index (χ4n) is 2.71. The first-order valence-corrected chi connectivity index (χ1v) is 6.10. The van der Waals surface area contributed by atoms with Crippen molar-refractivity contribution in [2.75, 3.05) is 0 Å². The number of carbonyl (C=O) groups is 1. The number of carboxylic acids is 1. The number of aliphatic carboxylic acids is 1. The quantitative estimate of drug-likeness (QED) is 0.849. The van der Waals surface area contributed by atoms with E-state index < -0.39 is 5.97 Å². The highest BCUT2D eigenvalue weighted by Crippen LogP contribution is 2.34. The summed E-state index contributed by atoms with van der Waals surface area (Å²) in [6.07, 6.45) is 10.2. The predicted octanol–water partition coefficient (Wildman–Crippen LogP) is 3.08. The lowest BCUT2D eigenvalue weighted by Gasteiger charge is -2.30. The number of hydrogen-bond donors (Lipinski definition) is 1. The third-order valence-electron chi connectivity index (χ3n) is 3.57. The number of carboxylic acid groups (broad SMARTS) is 1. The lowest BCUT2D eigenvalue weighted by atomic mass is 9.83. The van der Waals surface area contributed by atoms with Crippen LogP contribution in [0.25, 0.3) is 0 Å². The Bertz CT molecular complexity index is 332. The molecule has 0 saturated heterocycles. The lowest BCUT2D eigenvalue weighted by Crippen LogP contribution is -2.19. The highest BCUT2D eigenvalue weighted by Gasteiger charge is 2.22.